The zero-order chi connectivity index (χ0) is 19.6. The average Bonchev–Trinajstić information content (AvgIpc) is 2.68. The summed E-state index contributed by atoms with van der Waals surface area (Å²) in [6, 6.07) is 16.3. The zero-order valence-corrected chi connectivity index (χ0v) is 19.6. The molecule has 0 amide bonds. The van der Waals surface area contributed by atoms with Crippen LogP contribution in [0.3, 0.4) is 0 Å². The second-order valence-electron chi connectivity index (χ2n) is 6.30. The van der Waals surface area contributed by atoms with Gasteiger partial charge < -0.3 is 25.0 Å². The highest BCUT2D eigenvalue weighted by molar-refractivity contribution is 14.0. The molecule has 0 bridgehead atoms. The van der Waals surface area contributed by atoms with Crippen LogP contribution in [0.2, 0.25) is 0 Å². The van der Waals surface area contributed by atoms with Crippen LogP contribution >= 0.6 is 24.0 Å². The van der Waals surface area contributed by atoms with E-state index in [0.717, 1.165) is 18.2 Å². The predicted molar refractivity (Wildman–Crippen MR) is 127 cm³/mol. The number of benzene rings is 2. The minimum absolute atomic E-state index is 0. The van der Waals surface area contributed by atoms with Crippen LogP contribution in [0.15, 0.2) is 53.5 Å². The van der Waals surface area contributed by atoms with E-state index in [1.165, 1.54) is 5.56 Å². The number of guanidine groups is 1. The zero-order valence-electron chi connectivity index (χ0n) is 17.2. The molecule has 2 aromatic carbocycles. The van der Waals surface area contributed by atoms with Crippen LogP contribution in [0.4, 0.5) is 5.69 Å². The Balaban J connectivity index is 0.00000392. The molecule has 2 N–H and O–H groups in total. The Morgan fingerprint density at radius 2 is 1.71 bits per heavy atom. The standard InChI is InChI=1S/C21H30N4O2.HI/c1-6-22-21(24-17-12-13-19(26-4)20(14-17)27-5)23-15-18(25(2)3)16-10-8-7-9-11-16;/h7-14,18H,6,15H2,1-5H3,(H2,22,23,24);1H. The first kappa shape index (κ1) is 24.0. The molecule has 2 rings (SSSR count). The fraction of sp³-hybridized carbons (Fsp3) is 0.381. The monoisotopic (exact) mass is 498 g/mol. The molecule has 0 saturated heterocycles. The molecule has 0 aliphatic rings. The average molecular weight is 498 g/mol. The maximum absolute atomic E-state index is 5.37. The second-order valence-corrected chi connectivity index (χ2v) is 6.30. The van der Waals surface area contributed by atoms with Crippen molar-refractivity contribution in [3.05, 3.63) is 54.1 Å². The van der Waals surface area contributed by atoms with Crippen LogP contribution in [0.1, 0.15) is 18.5 Å². The highest BCUT2D eigenvalue weighted by atomic mass is 127. The largest absolute Gasteiger partial charge is 0.493 e. The van der Waals surface area contributed by atoms with Gasteiger partial charge in [0.2, 0.25) is 0 Å². The molecule has 1 unspecified atom stereocenters. The van der Waals surface area contributed by atoms with E-state index in [2.05, 4.69) is 53.9 Å². The Kier molecular flexibility index (Phi) is 10.7. The topological polar surface area (TPSA) is 58.1 Å². The Bertz CT molecular complexity index is 738. The molecule has 0 radical (unpaired) electrons. The van der Waals surface area contributed by atoms with Crippen molar-refractivity contribution in [1.29, 1.82) is 0 Å². The lowest BCUT2D eigenvalue weighted by Gasteiger charge is -2.23. The van der Waals surface area contributed by atoms with Gasteiger partial charge in [-0.25, -0.2) is 0 Å². The van der Waals surface area contributed by atoms with Crippen LogP contribution in [0.25, 0.3) is 0 Å². The van der Waals surface area contributed by atoms with Crippen LogP contribution < -0.4 is 20.1 Å². The first-order valence-electron chi connectivity index (χ1n) is 9.07. The molecule has 0 spiro atoms. The Labute approximate surface area is 185 Å². The quantitative estimate of drug-likeness (QED) is 0.328. The van der Waals surface area contributed by atoms with Gasteiger partial charge in [0.1, 0.15) is 0 Å². The van der Waals surface area contributed by atoms with Gasteiger partial charge in [0.05, 0.1) is 26.8 Å². The first-order chi connectivity index (χ1) is 13.1. The van der Waals surface area contributed by atoms with Gasteiger partial charge in [0.15, 0.2) is 17.5 Å². The van der Waals surface area contributed by atoms with Gasteiger partial charge in [0, 0.05) is 18.3 Å². The molecular weight excluding hydrogens is 467 g/mol. The summed E-state index contributed by atoms with van der Waals surface area (Å²) in [6.07, 6.45) is 0. The summed E-state index contributed by atoms with van der Waals surface area (Å²) in [5.74, 6) is 2.10. The van der Waals surface area contributed by atoms with Gasteiger partial charge in [-0.3, -0.25) is 4.99 Å². The van der Waals surface area contributed by atoms with Crippen LogP contribution in [-0.2, 0) is 0 Å². The van der Waals surface area contributed by atoms with Crippen molar-refractivity contribution < 1.29 is 9.47 Å². The Morgan fingerprint density at radius 1 is 1.04 bits per heavy atom. The Hall–Kier alpha value is -2.00. The first-order valence-corrected chi connectivity index (χ1v) is 9.07. The molecule has 7 heteroatoms. The van der Waals surface area contributed by atoms with Gasteiger partial charge in [-0.1, -0.05) is 30.3 Å². The molecule has 2 aromatic rings. The van der Waals surface area contributed by atoms with E-state index in [-0.39, 0.29) is 30.0 Å². The van der Waals surface area contributed by atoms with E-state index in [0.29, 0.717) is 18.0 Å². The molecule has 0 saturated carbocycles. The number of hydrogen-bond donors (Lipinski definition) is 2. The number of methoxy groups -OCH3 is 2. The fourth-order valence-corrected chi connectivity index (χ4v) is 2.78. The van der Waals surface area contributed by atoms with E-state index < -0.39 is 0 Å². The van der Waals surface area contributed by atoms with Gasteiger partial charge in [-0.15, -0.1) is 24.0 Å². The van der Waals surface area contributed by atoms with Gasteiger partial charge in [-0.2, -0.15) is 0 Å². The fourth-order valence-electron chi connectivity index (χ4n) is 2.78. The minimum Gasteiger partial charge on any atom is -0.493 e. The number of ether oxygens (including phenoxy) is 2. The molecule has 0 aliphatic carbocycles. The minimum atomic E-state index is 0. The molecule has 0 aromatic heterocycles. The molecule has 28 heavy (non-hydrogen) atoms. The van der Waals surface area contributed by atoms with E-state index in [1.807, 2.05) is 31.2 Å². The maximum Gasteiger partial charge on any atom is 0.195 e. The summed E-state index contributed by atoms with van der Waals surface area (Å²) in [5.41, 5.74) is 2.13. The van der Waals surface area contributed by atoms with E-state index in [1.54, 1.807) is 14.2 Å². The molecule has 0 aliphatic heterocycles. The molecule has 1 atom stereocenters. The number of nitrogens with zero attached hydrogens (tertiary/aromatic N) is 2. The van der Waals surface area contributed by atoms with Crippen molar-refractivity contribution >= 4 is 35.6 Å². The van der Waals surface area contributed by atoms with Crippen molar-refractivity contribution in [3.8, 4) is 11.5 Å². The third-order valence-electron chi connectivity index (χ3n) is 4.22. The Morgan fingerprint density at radius 3 is 2.29 bits per heavy atom. The lowest BCUT2D eigenvalue weighted by molar-refractivity contribution is 0.306. The summed E-state index contributed by atoms with van der Waals surface area (Å²) in [6.45, 7) is 3.46. The number of likely N-dealkylation sites (N-methyl/N-ethyl adjacent to an activating group) is 1. The van der Waals surface area contributed by atoms with Crippen LogP contribution in [-0.4, -0.2) is 52.3 Å². The van der Waals surface area contributed by atoms with Crippen molar-refractivity contribution in [3.63, 3.8) is 0 Å². The smallest absolute Gasteiger partial charge is 0.195 e. The summed E-state index contributed by atoms with van der Waals surface area (Å²) in [7, 11) is 7.40. The normalized spacial score (nSPS) is 12.1. The molecule has 6 nitrogen and oxygen atoms in total. The van der Waals surface area contributed by atoms with Crippen molar-refractivity contribution in [2.45, 2.75) is 13.0 Å². The predicted octanol–water partition coefficient (Wildman–Crippen LogP) is 4.00. The summed E-state index contributed by atoms with van der Waals surface area (Å²) < 4.78 is 10.7. The second kappa shape index (κ2) is 12.5. The van der Waals surface area contributed by atoms with Gasteiger partial charge in [-0.05, 0) is 38.7 Å². The highest BCUT2D eigenvalue weighted by Gasteiger charge is 2.14. The van der Waals surface area contributed by atoms with Crippen molar-refractivity contribution in [1.82, 2.24) is 10.2 Å². The summed E-state index contributed by atoms with van der Waals surface area (Å²) in [5, 5.41) is 6.63. The van der Waals surface area contributed by atoms with Gasteiger partial charge >= 0.3 is 0 Å². The number of nitrogens with one attached hydrogen (secondary N) is 2. The number of rotatable bonds is 8. The highest BCUT2D eigenvalue weighted by Crippen LogP contribution is 2.29. The lowest BCUT2D eigenvalue weighted by Crippen LogP contribution is -2.32. The molecule has 0 heterocycles. The number of halogens is 1. The lowest BCUT2D eigenvalue weighted by atomic mass is 10.1. The third-order valence-corrected chi connectivity index (χ3v) is 4.22. The summed E-state index contributed by atoms with van der Waals surface area (Å²) >= 11 is 0. The molecule has 154 valence electrons. The number of hydrogen-bond acceptors (Lipinski definition) is 4. The van der Waals surface area contributed by atoms with E-state index in [9.17, 15) is 0 Å². The van der Waals surface area contributed by atoms with Crippen molar-refractivity contribution in [2.75, 3.05) is 46.7 Å². The summed E-state index contributed by atoms with van der Waals surface area (Å²) in [4.78, 5) is 6.96. The maximum atomic E-state index is 5.37. The van der Waals surface area contributed by atoms with Crippen LogP contribution in [0.5, 0.6) is 11.5 Å². The SMILES string of the molecule is CCNC(=NCC(c1ccccc1)N(C)C)Nc1ccc(OC)c(OC)c1.I. The molecular formula is C21H31IN4O2. The molecule has 0 fully saturated rings. The van der Waals surface area contributed by atoms with Crippen molar-refractivity contribution in [2.24, 2.45) is 4.99 Å². The van der Waals surface area contributed by atoms with Crippen LogP contribution in [0, 0.1) is 0 Å². The van der Waals surface area contributed by atoms with E-state index >= 15 is 0 Å². The number of aliphatic imine (C=N–C) groups is 1. The third kappa shape index (κ3) is 6.87. The van der Waals surface area contributed by atoms with E-state index in [4.69, 9.17) is 14.5 Å². The van der Waals surface area contributed by atoms with Gasteiger partial charge in [0.25, 0.3) is 0 Å². The number of anilines is 1.